The normalized spacial score (nSPS) is 16.8. The molecule has 0 amide bonds. The zero-order valence-electron chi connectivity index (χ0n) is 18.3. The fourth-order valence-electron chi connectivity index (χ4n) is 3.90. The van der Waals surface area contributed by atoms with E-state index in [1.807, 2.05) is 74.4 Å². The molecule has 1 unspecified atom stereocenters. The molecule has 0 fully saturated rings. The number of nitrogens with zero attached hydrogens (tertiary/aromatic N) is 2. The average Bonchev–Trinajstić information content (AvgIpc) is 2.75. The Morgan fingerprint density at radius 1 is 0.938 bits per heavy atom. The van der Waals surface area contributed by atoms with E-state index in [9.17, 15) is 19.8 Å². The maximum atomic E-state index is 12.1. The fraction of sp³-hybridized carbons (Fsp3) is 0.200. The first-order chi connectivity index (χ1) is 15.2. The van der Waals surface area contributed by atoms with E-state index in [1.54, 1.807) is 6.07 Å². The zero-order valence-corrected chi connectivity index (χ0v) is 18.3. The standard InChI is InChI=1S/C25H24N2O5/c1-26(2)15-6-9-18-21(12-15)32-22-13-16(27(3)4)7-10-19(22)23(18)17-8-5-14(24(28)29)11-20(17)25(30)31/h5-13,15H,1-4H3,(H,28,29)(H,30,31). The first-order valence-electron chi connectivity index (χ1n) is 10.1. The maximum Gasteiger partial charge on any atom is 0.336 e. The van der Waals surface area contributed by atoms with E-state index in [-0.39, 0.29) is 17.2 Å². The first kappa shape index (κ1) is 21.4. The predicted octanol–water partition coefficient (Wildman–Crippen LogP) is 3.73. The molecule has 0 saturated heterocycles. The van der Waals surface area contributed by atoms with Gasteiger partial charge in [0.15, 0.2) is 0 Å². The summed E-state index contributed by atoms with van der Waals surface area (Å²) in [5.74, 6) is -1.10. The maximum absolute atomic E-state index is 12.1. The third kappa shape index (κ3) is 3.67. The zero-order chi connectivity index (χ0) is 23.2. The van der Waals surface area contributed by atoms with Crippen molar-refractivity contribution in [3.63, 3.8) is 0 Å². The number of allylic oxidation sites excluding steroid dienone is 1. The van der Waals surface area contributed by atoms with Gasteiger partial charge < -0.3 is 19.8 Å². The minimum absolute atomic E-state index is 0.0295. The molecule has 2 aromatic rings. The van der Waals surface area contributed by atoms with Gasteiger partial charge in [-0.25, -0.2) is 9.59 Å². The van der Waals surface area contributed by atoms with Crippen LogP contribution in [0.1, 0.15) is 31.8 Å². The number of hydrogen-bond donors (Lipinski definition) is 2. The van der Waals surface area contributed by atoms with Crippen LogP contribution < -0.4 is 9.64 Å². The molecule has 0 radical (unpaired) electrons. The lowest BCUT2D eigenvalue weighted by atomic mass is 9.84. The van der Waals surface area contributed by atoms with E-state index in [2.05, 4.69) is 0 Å². The Morgan fingerprint density at radius 3 is 2.28 bits per heavy atom. The molecule has 1 aliphatic carbocycles. The van der Waals surface area contributed by atoms with Gasteiger partial charge in [-0.15, -0.1) is 0 Å². The van der Waals surface area contributed by atoms with Crippen LogP contribution in [0, 0.1) is 0 Å². The van der Waals surface area contributed by atoms with Gasteiger partial charge >= 0.3 is 11.9 Å². The minimum Gasteiger partial charge on any atom is -0.478 e. The van der Waals surface area contributed by atoms with Gasteiger partial charge in [0.2, 0.25) is 0 Å². The quantitative estimate of drug-likeness (QED) is 0.744. The number of likely N-dealkylation sites (N-methyl/N-ethyl adjacent to an activating group) is 1. The Balaban J connectivity index is 2.01. The van der Waals surface area contributed by atoms with Crippen LogP contribution in [0.25, 0.3) is 5.57 Å². The highest BCUT2D eigenvalue weighted by molar-refractivity contribution is 6.02. The Hall–Kier alpha value is -3.84. The lowest BCUT2D eigenvalue weighted by molar-refractivity contribution is 0.0695. The van der Waals surface area contributed by atoms with E-state index in [4.69, 9.17) is 4.74 Å². The molecule has 7 nitrogen and oxygen atoms in total. The van der Waals surface area contributed by atoms with Crippen molar-refractivity contribution in [3.05, 3.63) is 88.2 Å². The van der Waals surface area contributed by atoms with E-state index in [0.29, 0.717) is 22.6 Å². The number of carboxylic acid groups (broad SMARTS) is 2. The highest BCUT2D eigenvalue weighted by atomic mass is 16.5. The summed E-state index contributed by atoms with van der Waals surface area (Å²) in [5, 5.41) is 19.2. The molecular formula is C25H24N2O5. The Labute approximate surface area is 186 Å². The smallest absolute Gasteiger partial charge is 0.336 e. The van der Waals surface area contributed by atoms with Crippen LogP contribution in [0.15, 0.2) is 66.0 Å². The summed E-state index contributed by atoms with van der Waals surface area (Å²) in [5.41, 5.74) is 3.46. The van der Waals surface area contributed by atoms with Crippen LogP contribution in [0.2, 0.25) is 0 Å². The van der Waals surface area contributed by atoms with Crippen LogP contribution in [-0.2, 0) is 0 Å². The van der Waals surface area contributed by atoms with Crippen molar-refractivity contribution in [2.75, 3.05) is 33.1 Å². The molecular weight excluding hydrogens is 408 g/mol. The van der Waals surface area contributed by atoms with Crippen LogP contribution in [0.4, 0.5) is 5.69 Å². The summed E-state index contributed by atoms with van der Waals surface area (Å²) in [7, 11) is 7.81. The summed E-state index contributed by atoms with van der Waals surface area (Å²) in [4.78, 5) is 27.5. The average molecular weight is 432 g/mol. The number of aromatic carboxylic acids is 2. The van der Waals surface area contributed by atoms with Gasteiger partial charge in [0, 0.05) is 48.6 Å². The Kier molecular flexibility index (Phi) is 5.36. The number of carboxylic acids is 2. The molecule has 1 atom stereocenters. The summed E-state index contributed by atoms with van der Waals surface area (Å²) in [6, 6.07) is 10.00. The number of rotatable bonds is 5. The second-order valence-electron chi connectivity index (χ2n) is 8.18. The van der Waals surface area contributed by atoms with E-state index in [0.717, 1.165) is 16.8 Å². The van der Waals surface area contributed by atoms with Gasteiger partial charge in [0.05, 0.1) is 11.1 Å². The van der Waals surface area contributed by atoms with Crippen LogP contribution in [-0.4, -0.2) is 61.3 Å². The minimum atomic E-state index is -1.19. The largest absolute Gasteiger partial charge is 0.478 e. The number of anilines is 1. The molecule has 1 heterocycles. The molecule has 2 aromatic carbocycles. The fourth-order valence-corrected chi connectivity index (χ4v) is 3.90. The van der Waals surface area contributed by atoms with Gasteiger partial charge in [0.1, 0.15) is 11.5 Å². The molecule has 2 N–H and O–H groups in total. The van der Waals surface area contributed by atoms with Crippen molar-refractivity contribution in [2.24, 2.45) is 0 Å². The van der Waals surface area contributed by atoms with Gasteiger partial charge in [-0.3, -0.25) is 4.90 Å². The molecule has 0 aromatic heterocycles. The van der Waals surface area contributed by atoms with E-state index >= 15 is 0 Å². The van der Waals surface area contributed by atoms with Crippen molar-refractivity contribution in [1.82, 2.24) is 4.90 Å². The van der Waals surface area contributed by atoms with Gasteiger partial charge in [-0.2, -0.15) is 0 Å². The van der Waals surface area contributed by atoms with Crippen molar-refractivity contribution in [2.45, 2.75) is 6.04 Å². The third-order valence-corrected chi connectivity index (χ3v) is 5.65. The van der Waals surface area contributed by atoms with Crippen molar-refractivity contribution >= 4 is 23.2 Å². The van der Waals surface area contributed by atoms with Crippen molar-refractivity contribution in [1.29, 1.82) is 0 Å². The van der Waals surface area contributed by atoms with Crippen molar-refractivity contribution in [3.8, 4) is 5.75 Å². The molecule has 2 aliphatic rings. The summed E-state index contributed by atoms with van der Waals surface area (Å²) in [6.45, 7) is 0. The lowest BCUT2D eigenvalue weighted by Crippen LogP contribution is -2.27. The number of ether oxygens (including phenoxy) is 1. The number of fused-ring (bicyclic) bond motifs is 2. The Morgan fingerprint density at radius 2 is 1.66 bits per heavy atom. The van der Waals surface area contributed by atoms with Gasteiger partial charge in [-0.05, 0) is 50.0 Å². The number of hydrogen-bond acceptors (Lipinski definition) is 5. The lowest BCUT2D eigenvalue weighted by Gasteiger charge is -2.31. The second kappa shape index (κ2) is 8.01. The molecule has 164 valence electrons. The summed E-state index contributed by atoms with van der Waals surface area (Å²) < 4.78 is 6.28. The molecule has 0 spiro atoms. The second-order valence-corrected chi connectivity index (χ2v) is 8.18. The highest BCUT2D eigenvalue weighted by Crippen LogP contribution is 2.45. The number of benzene rings is 2. The number of carbonyl (C=O) groups is 2. The highest BCUT2D eigenvalue weighted by Gasteiger charge is 2.30. The summed E-state index contributed by atoms with van der Waals surface area (Å²) >= 11 is 0. The molecule has 7 heteroatoms. The molecule has 4 rings (SSSR count). The molecule has 0 bridgehead atoms. The van der Waals surface area contributed by atoms with Gasteiger partial charge in [-0.1, -0.05) is 18.2 Å². The predicted molar refractivity (Wildman–Crippen MR) is 122 cm³/mol. The van der Waals surface area contributed by atoms with Crippen molar-refractivity contribution < 1.29 is 24.5 Å². The molecule has 32 heavy (non-hydrogen) atoms. The first-order valence-corrected chi connectivity index (χ1v) is 10.1. The summed E-state index contributed by atoms with van der Waals surface area (Å²) in [6.07, 6.45) is 5.95. The topological polar surface area (TPSA) is 90.3 Å². The monoisotopic (exact) mass is 432 g/mol. The molecule has 1 aliphatic heterocycles. The SMILES string of the molecule is CN(C)c1ccc2c(c1)OC1=CC(N(C)C)C=CC1=C2c1ccc(C(=O)O)cc1C(=O)O. The van der Waals surface area contributed by atoms with Crippen LogP contribution in [0.3, 0.4) is 0 Å². The van der Waals surface area contributed by atoms with E-state index < -0.39 is 11.9 Å². The van der Waals surface area contributed by atoms with Gasteiger partial charge in [0.25, 0.3) is 0 Å². The van der Waals surface area contributed by atoms with Crippen LogP contribution in [0.5, 0.6) is 5.75 Å². The van der Waals surface area contributed by atoms with E-state index in [1.165, 1.54) is 12.1 Å². The van der Waals surface area contributed by atoms with Crippen LogP contribution >= 0.6 is 0 Å². The third-order valence-electron chi connectivity index (χ3n) is 5.65. The Bertz CT molecular complexity index is 1220. The molecule has 0 saturated carbocycles.